The highest BCUT2D eigenvalue weighted by molar-refractivity contribution is 9.10. The molecular weight excluding hydrogens is 300 g/mol. The summed E-state index contributed by atoms with van der Waals surface area (Å²) in [4.78, 5) is 2.27. The summed E-state index contributed by atoms with van der Waals surface area (Å²) in [5.74, 6) is 0. The predicted molar refractivity (Wildman–Crippen MR) is 80.9 cm³/mol. The van der Waals surface area contributed by atoms with Gasteiger partial charge in [0.25, 0.3) is 0 Å². The van der Waals surface area contributed by atoms with Gasteiger partial charge < -0.3 is 10.2 Å². The number of nitrogens with one attached hydrogen (secondary N) is 1. The summed E-state index contributed by atoms with van der Waals surface area (Å²) in [5, 5.41) is 3.50. The second kappa shape index (κ2) is 8.92. The topological polar surface area (TPSA) is 15.3 Å². The molecule has 0 aliphatic rings. The van der Waals surface area contributed by atoms with Gasteiger partial charge >= 0.3 is 0 Å². The van der Waals surface area contributed by atoms with Crippen molar-refractivity contribution in [1.82, 2.24) is 10.2 Å². The van der Waals surface area contributed by atoms with E-state index in [0.717, 1.165) is 17.6 Å². The Bertz CT molecular complexity index is 318. The summed E-state index contributed by atoms with van der Waals surface area (Å²) >= 11 is 3.48. The van der Waals surface area contributed by atoms with E-state index in [1.165, 1.54) is 12.0 Å². The van der Waals surface area contributed by atoms with Crippen LogP contribution in [0.2, 0.25) is 0 Å². The van der Waals surface area contributed by atoms with E-state index in [0.29, 0.717) is 6.04 Å². The van der Waals surface area contributed by atoms with E-state index in [4.69, 9.17) is 0 Å². The Balaban J connectivity index is 0.00000256. The van der Waals surface area contributed by atoms with Crippen LogP contribution in [0, 0.1) is 0 Å². The first-order chi connectivity index (χ1) is 7.63. The van der Waals surface area contributed by atoms with Crippen LogP contribution in [0.3, 0.4) is 0 Å². The van der Waals surface area contributed by atoms with Crippen LogP contribution in [0.25, 0.3) is 0 Å². The number of nitrogens with zero attached hydrogens (tertiary/aromatic N) is 1. The molecule has 1 aromatic rings. The van der Waals surface area contributed by atoms with E-state index < -0.39 is 0 Å². The molecule has 0 aromatic heterocycles. The molecule has 0 heterocycles. The first-order valence-corrected chi connectivity index (χ1v) is 6.54. The molecule has 0 aliphatic carbocycles. The molecule has 0 saturated carbocycles. The molecule has 0 bridgehead atoms. The third-order valence-electron chi connectivity index (χ3n) is 2.80. The minimum absolute atomic E-state index is 0. The molecule has 4 heteroatoms. The Morgan fingerprint density at radius 3 is 2.59 bits per heavy atom. The molecule has 98 valence electrons. The van der Waals surface area contributed by atoms with Gasteiger partial charge in [0.2, 0.25) is 0 Å². The fourth-order valence-corrected chi connectivity index (χ4v) is 2.17. The standard InChI is InChI=1S/C13H21BrN2.ClH/c1-4-13(16(2)3)10-15-9-11-6-5-7-12(14)8-11;/h5-8,13,15H,4,9-10H2,1-3H3;1H. The quantitative estimate of drug-likeness (QED) is 0.865. The molecule has 1 rings (SSSR count). The average Bonchev–Trinajstić information content (AvgIpc) is 2.24. The van der Waals surface area contributed by atoms with Crippen LogP contribution in [0.4, 0.5) is 0 Å². The van der Waals surface area contributed by atoms with Crippen LogP contribution in [-0.2, 0) is 6.54 Å². The Labute approximate surface area is 119 Å². The van der Waals surface area contributed by atoms with Gasteiger partial charge in [-0.25, -0.2) is 0 Å². The third kappa shape index (κ3) is 6.41. The molecule has 0 radical (unpaired) electrons. The molecular formula is C13H22BrClN2. The fraction of sp³-hybridized carbons (Fsp3) is 0.538. The maximum Gasteiger partial charge on any atom is 0.0212 e. The Kier molecular flexibility index (Phi) is 8.88. The van der Waals surface area contributed by atoms with Gasteiger partial charge in [-0.3, -0.25) is 0 Å². The van der Waals surface area contributed by atoms with Crippen molar-refractivity contribution in [3.63, 3.8) is 0 Å². The fourth-order valence-electron chi connectivity index (χ4n) is 1.72. The minimum atomic E-state index is 0. The molecule has 0 fully saturated rings. The normalized spacial score (nSPS) is 12.3. The van der Waals surface area contributed by atoms with Gasteiger partial charge in [-0.2, -0.15) is 0 Å². The SMILES string of the molecule is CCC(CNCc1cccc(Br)c1)N(C)C.Cl. The summed E-state index contributed by atoms with van der Waals surface area (Å²) in [5.41, 5.74) is 1.32. The van der Waals surface area contributed by atoms with Crippen LogP contribution >= 0.6 is 28.3 Å². The van der Waals surface area contributed by atoms with Gasteiger partial charge in [-0.15, -0.1) is 12.4 Å². The third-order valence-corrected chi connectivity index (χ3v) is 3.29. The number of rotatable bonds is 6. The number of likely N-dealkylation sites (N-methyl/N-ethyl adjacent to an activating group) is 1. The minimum Gasteiger partial charge on any atom is -0.311 e. The summed E-state index contributed by atoms with van der Waals surface area (Å²) in [6, 6.07) is 9.05. The van der Waals surface area contributed by atoms with Crippen molar-refractivity contribution in [2.24, 2.45) is 0 Å². The van der Waals surface area contributed by atoms with E-state index in [2.05, 4.69) is 71.4 Å². The highest BCUT2D eigenvalue weighted by Gasteiger charge is 2.07. The molecule has 0 spiro atoms. The van der Waals surface area contributed by atoms with Crippen molar-refractivity contribution in [2.75, 3.05) is 20.6 Å². The zero-order valence-electron chi connectivity index (χ0n) is 10.7. The summed E-state index contributed by atoms with van der Waals surface area (Å²) < 4.78 is 1.14. The van der Waals surface area contributed by atoms with E-state index in [1.54, 1.807) is 0 Å². The van der Waals surface area contributed by atoms with Crippen LogP contribution in [0.1, 0.15) is 18.9 Å². The lowest BCUT2D eigenvalue weighted by molar-refractivity contribution is 0.276. The first-order valence-electron chi connectivity index (χ1n) is 5.75. The zero-order valence-corrected chi connectivity index (χ0v) is 13.1. The van der Waals surface area contributed by atoms with Crippen LogP contribution in [-0.4, -0.2) is 31.6 Å². The first kappa shape index (κ1) is 16.9. The summed E-state index contributed by atoms with van der Waals surface area (Å²) in [7, 11) is 4.27. The highest BCUT2D eigenvalue weighted by Crippen LogP contribution is 2.11. The van der Waals surface area contributed by atoms with Crippen molar-refractivity contribution < 1.29 is 0 Å². The lowest BCUT2D eigenvalue weighted by atomic mass is 10.2. The smallest absolute Gasteiger partial charge is 0.0212 e. The van der Waals surface area contributed by atoms with Gasteiger partial charge in [0.05, 0.1) is 0 Å². The van der Waals surface area contributed by atoms with Gasteiger partial charge in [0, 0.05) is 23.6 Å². The van der Waals surface area contributed by atoms with Crippen molar-refractivity contribution >= 4 is 28.3 Å². The maximum atomic E-state index is 3.50. The molecule has 1 atom stereocenters. The van der Waals surface area contributed by atoms with E-state index in [1.807, 2.05) is 0 Å². The maximum absolute atomic E-state index is 3.50. The van der Waals surface area contributed by atoms with Gasteiger partial charge in [-0.05, 0) is 38.2 Å². The van der Waals surface area contributed by atoms with E-state index >= 15 is 0 Å². The molecule has 0 amide bonds. The Morgan fingerprint density at radius 2 is 2.06 bits per heavy atom. The monoisotopic (exact) mass is 320 g/mol. The van der Waals surface area contributed by atoms with Crippen LogP contribution in [0.5, 0.6) is 0 Å². The van der Waals surface area contributed by atoms with Gasteiger partial charge in [0.1, 0.15) is 0 Å². The molecule has 1 aromatic carbocycles. The summed E-state index contributed by atoms with van der Waals surface area (Å²) in [6.45, 7) is 4.20. The Hall–Kier alpha value is -0.0900. The number of hydrogen-bond donors (Lipinski definition) is 1. The largest absolute Gasteiger partial charge is 0.311 e. The molecule has 1 N–H and O–H groups in total. The molecule has 0 saturated heterocycles. The van der Waals surface area contributed by atoms with Gasteiger partial charge in [-0.1, -0.05) is 35.0 Å². The zero-order chi connectivity index (χ0) is 12.0. The van der Waals surface area contributed by atoms with Crippen LogP contribution in [0.15, 0.2) is 28.7 Å². The average molecular weight is 322 g/mol. The van der Waals surface area contributed by atoms with Gasteiger partial charge in [0.15, 0.2) is 0 Å². The second-order valence-electron chi connectivity index (χ2n) is 4.29. The summed E-state index contributed by atoms with van der Waals surface area (Å²) in [6.07, 6.45) is 1.18. The molecule has 1 unspecified atom stereocenters. The second-order valence-corrected chi connectivity index (χ2v) is 5.20. The molecule has 0 aliphatic heterocycles. The number of halogens is 2. The lowest BCUT2D eigenvalue weighted by Crippen LogP contribution is -2.37. The predicted octanol–water partition coefficient (Wildman–Crippen LogP) is 3.30. The van der Waals surface area contributed by atoms with Crippen LogP contribution < -0.4 is 5.32 Å². The van der Waals surface area contributed by atoms with E-state index in [9.17, 15) is 0 Å². The molecule has 2 nitrogen and oxygen atoms in total. The number of hydrogen-bond acceptors (Lipinski definition) is 2. The molecule has 17 heavy (non-hydrogen) atoms. The van der Waals surface area contributed by atoms with E-state index in [-0.39, 0.29) is 12.4 Å². The van der Waals surface area contributed by atoms with Crippen molar-refractivity contribution in [3.8, 4) is 0 Å². The van der Waals surface area contributed by atoms with Crippen molar-refractivity contribution in [2.45, 2.75) is 25.9 Å². The lowest BCUT2D eigenvalue weighted by Gasteiger charge is -2.23. The Morgan fingerprint density at radius 1 is 1.35 bits per heavy atom. The van der Waals surface area contributed by atoms with Crippen molar-refractivity contribution in [3.05, 3.63) is 34.3 Å². The number of benzene rings is 1. The van der Waals surface area contributed by atoms with Crippen molar-refractivity contribution in [1.29, 1.82) is 0 Å². The highest BCUT2D eigenvalue weighted by atomic mass is 79.9.